The molecule has 1 fully saturated rings. The number of carbonyl (C=O) groups excluding carboxylic acids is 2. The van der Waals surface area contributed by atoms with Crippen molar-refractivity contribution in [3.05, 3.63) is 35.4 Å². The van der Waals surface area contributed by atoms with Crippen LogP contribution in [0.4, 0.5) is 0 Å². The predicted octanol–water partition coefficient (Wildman–Crippen LogP) is 1.99. The largest absolute Gasteiger partial charge is 0.480 e. The molecule has 0 bridgehead atoms. The zero-order chi connectivity index (χ0) is 18.3. The van der Waals surface area contributed by atoms with Crippen LogP contribution in [0.25, 0.3) is 0 Å². The van der Waals surface area contributed by atoms with E-state index >= 15 is 0 Å². The van der Waals surface area contributed by atoms with Gasteiger partial charge in [-0.15, -0.1) is 0 Å². The van der Waals surface area contributed by atoms with Gasteiger partial charge in [0, 0.05) is 18.7 Å². The standard InChI is InChI=1S/C19H24N2O4/c1-11(2)16(18(23)20-9-12(3)8-15(20)19(24)25)21-10-13-6-4-5-7-14(13)17(21)22/h4-7,11-12,15-16H,8-10H2,1-3H3,(H,24,25). The molecule has 0 saturated carbocycles. The maximum Gasteiger partial charge on any atom is 0.326 e. The number of nitrogens with zero attached hydrogens (tertiary/aromatic N) is 2. The first-order valence-corrected chi connectivity index (χ1v) is 8.73. The highest BCUT2D eigenvalue weighted by Gasteiger charge is 2.45. The fraction of sp³-hybridized carbons (Fsp3) is 0.526. The zero-order valence-electron chi connectivity index (χ0n) is 14.8. The number of carboxylic acid groups (broad SMARTS) is 1. The molecule has 2 amide bonds. The Bertz CT molecular complexity index is 715. The molecule has 0 radical (unpaired) electrons. The second-order valence-electron chi connectivity index (χ2n) is 7.46. The van der Waals surface area contributed by atoms with Crippen LogP contribution in [0.3, 0.4) is 0 Å². The normalized spacial score (nSPS) is 23.9. The van der Waals surface area contributed by atoms with Gasteiger partial charge in [0.1, 0.15) is 12.1 Å². The molecule has 1 aromatic rings. The Labute approximate surface area is 147 Å². The van der Waals surface area contributed by atoms with E-state index in [1.165, 1.54) is 4.90 Å². The molecule has 3 unspecified atom stereocenters. The van der Waals surface area contributed by atoms with E-state index in [0.29, 0.717) is 25.1 Å². The molecule has 6 heteroatoms. The lowest BCUT2D eigenvalue weighted by molar-refractivity contribution is -0.150. The molecule has 0 aromatic heterocycles. The van der Waals surface area contributed by atoms with Crippen LogP contribution >= 0.6 is 0 Å². The van der Waals surface area contributed by atoms with E-state index < -0.39 is 18.1 Å². The molecule has 1 aromatic carbocycles. The Morgan fingerprint density at radius 2 is 1.92 bits per heavy atom. The maximum atomic E-state index is 13.2. The topological polar surface area (TPSA) is 77.9 Å². The van der Waals surface area contributed by atoms with Gasteiger partial charge in [0.05, 0.1) is 0 Å². The zero-order valence-corrected chi connectivity index (χ0v) is 14.8. The number of hydrogen-bond acceptors (Lipinski definition) is 3. The van der Waals surface area contributed by atoms with Gasteiger partial charge in [0.25, 0.3) is 5.91 Å². The van der Waals surface area contributed by atoms with E-state index in [1.54, 1.807) is 11.0 Å². The molecule has 1 saturated heterocycles. The summed E-state index contributed by atoms with van der Waals surface area (Å²) in [5.74, 6) is -1.34. The van der Waals surface area contributed by atoms with Crippen molar-refractivity contribution in [2.75, 3.05) is 6.54 Å². The molecule has 25 heavy (non-hydrogen) atoms. The fourth-order valence-electron chi connectivity index (χ4n) is 3.97. The van der Waals surface area contributed by atoms with Gasteiger partial charge < -0.3 is 14.9 Å². The molecule has 1 N–H and O–H groups in total. The average molecular weight is 344 g/mol. The minimum absolute atomic E-state index is 0.101. The molecule has 2 aliphatic rings. The van der Waals surface area contributed by atoms with Crippen LogP contribution in [0.2, 0.25) is 0 Å². The molecule has 2 aliphatic heterocycles. The van der Waals surface area contributed by atoms with Crippen LogP contribution in [0.1, 0.15) is 43.1 Å². The second kappa shape index (κ2) is 6.50. The van der Waals surface area contributed by atoms with E-state index in [-0.39, 0.29) is 23.7 Å². The van der Waals surface area contributed by atoms with E-state index in [1.807, 2.05) is 39.0 Å². The van der Waals surface area contributed by atoms with E-state index in [2.05, 4.69) is 0 Å². The van der Waals surface area contributed by atoms with Gasteiger partial charge in [-0.3, -0.25) is 9.59 Å². The summed E-state index contributed by atoms with van der Waals surface area (Å²) in [4.78, 5) is 40.6. The molecule has 0 spiro atoms. The van der Waals surface area contributed by atoms with Crippen LogP contribution in [0.5, 0.6) is 0 Å². The minimum atomic E-state index is -0.976. The molecule has 0 aliphatic carbocycles. The number of benzene rings is 1. The lowest BCUT2D eigenvalue weighted by atomic mass is 10.0. The van der Waals surface area contributed by atoms with Gasteiger partial charge in [-0.1, -0.05) is 39.0 Å². The summed E-state index contributed by atoms with van der Waals surface area (Å²) in [6.45, 7) is 6.56. The second-order valence-corrected chi connectivity index (χ2v) is 7.46. The highest BCUT2D eigenvalue weighted by atomic mass is 16.4. The number of fused-ring (bicyclic) bond motifs is 1. The summed E-state index contributed by atoms with van der Waals surface area (Å²) in [6, 6.07) is 5.92. The highest BCUT2D eigenvalue weighted by Crippen LogP contribution is 2.31. The van der Waals surface area contributed by atoms with E-state index in [4.69, 9.17) is 0 Å². The van der Waals surface area contributed by atoms with Crippen LogP contribution in [0, 0.1) is 11.8 Å². The maximum absolute atomic E-state index is 13.2. The monoisotopic (exact) mass is 344 g/mol. The Balaban J connectivity index is 1.89. The summed E-state index contributed by atoms with van der Waals surface area (Å²) in [5.41, 5.74) is 1.54. The number of rotatable bonds is 4. The van der Waals surface area contributed by atoms with Gasteiger partial charge >= 0.3 is 5.97 Å². The van der Waals surface area contributed by atoms with Crippen molar-refractivity contribution >= 4 is 17.8 Å². The number of carbonyl (C=O) groups is 3. The fourth-order valence-corrected chi connectivity index (χ4v) is 3.97. The molecule has 2 heterocycles. The SMILES string of the molecule is CC1CC(C(=O)O)N(C(=O)C(C(C)C)N2Cc3ccccc3C2=O)C1. The van der Waals surface area contributed by atoms with Gasteiger partial charge in [-0.2, -0.15) is 0 Å². The molecule has 3 rings (SSSR count). The van der Waals surface area contributed by atoms with Crippen molar-refractivity contribution in [1.29, 1.82) is 0 Å². The molecular formula is C19H24N2O4. The molecule has 6 nitrogen and oxygen atoms in total. The van der Waals surface area contributed by atoms with Crippen molar-refractivity contribution in [2.45, 2.75) is 45.8 Å². The lowest BCUT2D eigenvalue weighted by Gasteiger charge is -2.34. The van der Waals surface area contributed by atoms with Crippen molar-refractivity contribution in [3.63, 3.8) is 0 Å². The van der Waals surface area contributed by atoms with Crippen molar-refractivity contribution < 1.29 is 19.5 Å². The summed E-state index contributed by atoms with van der Waals surface area (Å²) in [7, 11) is 0. The number of carboxylic acids is 1. The quantitative estimate of drug-likeness (QED) is 0.906. The average Bonchev–Trinajstić information content (AvgIpc) is 3.09. The number of aliphatic carboxylic acids is 1. The third-order valence-corrected chi connectivity index (χ3v) is 5.15. The molecular weight excluding hydrogens is 320 g/mol. The molecule has 3 atom stereocenters. The predicted molar refractivity (Wildman–Crippen MR) is 91.9 cm³/mol. The van der Waals surface area contributed by atoms with Crippen molar-refractivity contribution in [3.8, 4) is 0 Å². The summed E-state index contributed by atoms with van der Waals surface area (Å²) < 4.78 is 0. The highest BCUT2D eigenvalue weighted by molar-refractivity contribution is 6.01. The Morgan fingerprint density at radius 3 is 2.52 bits per heavy atom. The van der Waals surface area contributed by atoms with Gasteiger partial charge in [0.15, 0.2) is 0 Å². The first-order chi connectivity index (χ1) is 11.8. The Hall–Kier alpha value is -2.37. The lowest BCUT2D eigenvalue weighted by Crippen LogP contribution is -2.54. The third-order valence-electron chi connectivity index (χ3n) is 5.15. The van der Waals surface area contributed by atoms with Crippen LogP contribution in [0.15, 0.2) is 24.3 Å². The van der Waals surface area contributed by atoms with Crippen LogP contribution < -0.4 is 0 Å². The van der Waals surface area contributed by atoms with Gasteiger partial charge in [0.2, 0.25) is 5.91 Å². The minimum Gasteiger partial charge on any atom is -0.480 e. The molecule has 134 valence electrons. The third kappa shape index (κ3) is 3.01. The van der Waals surface area contributed by atoms with E-state index in [0.717, 1.165) is 5.56 Å². The van der Waals surface area contributed by atoms with E-state index in [9.17, 15) is 19.5 Å². The summed E-state index contributed by atoms with van der Waals surface area (Å²) in [5, 5.41) is 9.46. The Morgan fingerprint density at radius 1 is 1.24 bits per heavy atom. The van der Waals surface area contributed by atoms with Crippen LogP contribution in [-0.4, -0.2) is 51.3 Å². The first kappa shape index (κ1) is 17.5. The Kier molecular flexibility index (Phi) is 4.54. The smallest absolute Gasteiger partial charge is 0.326 e. The van der Waals surface area contributed by atoms with Crippen LogP contribution in [-0.2, 0) is 16.1 Å². The number of hydrogen-bond donors (Lipinski definition) is 1. The number of amides is 2. The summed E-state index contributed by atoms with van der Waals surface area (Å²) in [6.07, 6.45) is 0.458. The van der Waals surface area contributed by atoms with Gasteiger partial charge in [-0.05, 0) is 29.9 Å². The van der Waals surface area contributed by atoms with Crippen molar-refractivity contribution in [2.24, 2.45) is 11.8 Å². The number of likely N-dealkylation sites (tertiary alicyclic amines) is 1. The summed E-state index contributed by atoms with van der Waals surface area (Å²) >= 11 is 0. The first-order valence-electron chi connectivity index (χ1n) is 8.73. The van der Waals surface area contributed by atoms with Gasteiger partial charge in [-0.25, -0.2) is 4.79 Å². The van der Waals surface area contributed by atoms with Crippen molar-refractivity contribution in [1.82, 2.24) is 9.80 Å².